The third-order valence-corrected chi connectivity index (χ3v) is 2.09. The third-order valence-electron chi connectivity index (χ3n) is 1.50. The molecule has 0 fully saturated rings. The zero-order valence-electron chi connectivity index (χ0n) is 5.73. The molecule has 2 heterocycles. The summed E-state index contributed by atoms with van der Waals surface area (Å²) in [5, 5.41) is 0. The number of rotatable bonds is 0. The molecule has 1 aromatic rings. The van der Waals surface area contributed by atoms with E-state index >= 15 is 0 Å². The van der Waals surface area contributed by atoms with Gasteiger partial charge >= 0.3 is 0 Å². The first-order valence-electron chi connectivity index (χ1n) is 3.13. The first-order valence-corrected chi connectivity index (χ1v) is 3.92. The number of benzene rings is 1. The van der Waals surface area contributed by atoms with E-state index in [4.69, 9.17) is 9.47 Å². The molecule has 0 amide bonds. The summed E-state index contributed by atoms with van der Waals surface area (Å²) in [4.78, 5) is 0. The van der Waals surface area contributed by atoms with E-state index in [1.54, 1.807) is 0 Å². The van der Waals surface area contributed by atoms with Gasteiger partial charge < -0.3 is 9.47 Å². The van der Waals surface area contributed by atoms with Crippen LogP contribution in [0.2, 0.25) is 0 Å². The molecule has 0 aromatic heterocycles. The fourth-order valence-electron chi connectivity index (χ4n) is 0.946. The fourth-order valence-corrected chi connectivity index (χ4v) is 1.44. The van der Waals surface area contributed by atoms with Gasteiger partial charge in [-0.3, -0.25) is 0 Å². The standard InChI is InChI=1S/C7H3BrF2O2/c8-3-1-4-5(9)6(10)7(3)12-2-11-4/h1H,2H2. The van der Waals surface area contributed by atoms with Crippen LogP contribution in [0.25, 0.3) is 0 Å². The molecule has 0 saturated heterocycles. The number of hydrogen-bond donors (Lipinski definition) is 0. The second kappa shape index (κ2) is 2.58. The number of ether oxygens (including phenoxy) is 2. The predicted octanol–water partition coefficient (Wildman–Crippen LogP) is 2.46. The van der Waals surface area contributed by atoms with Crippen LogP contribution in [0.4, 0.5) is 8.78 Å². The molecule has 0 spiro atoms. The Bertz CT molecular complexity index is 341. The van der Waals surface area contributed by atoms with Crippen LogP contribution in [0.5, 0.6) is 11.5 Å². The van der Waals surface area contributed by atoms with Crippen LogP contribution >= 0.6 is 15.9 Å². The van der Waals surface area contributed by atoms with Crippen molar-refractivity contribution in [1.82, 2.24) is 0 Å². The van der Waals surface area contributed by atoms with E-state index in [2.05, 4.69) is 15.9 Å². The van der Waals surface area contributed by atoms with Gasteiger partial charge in [-0.25, -0.2) is 0 Å². The third kappa shape index (κ3) is 0.964. The summed E-state index contributed by atoms with van der Waals surface area (Å²) in [5.41, 5.74) is 0. The van der Waals surface area contributed by atoms with Gasteiger partial charge in [-0.15, -0.1) is 0 Å². The Morgan fingerprint density at radius 3 is 2.75 bits per heavy atom. The van der Waals surface area contributed by atoms with Crippen LogP contribution in [0.15, 0.2) is 10.5 Å². The smallest absolute Gasteiger partial charge is 0.231 e. The Labute approximate surface area is 75.2 Å². The van der Waals surface area contributed by atoms with Crippen LogP contribution in [0, 0.1) is 11.6 Å². The average Bonchev–Trinajstić information content (AvgIpc) is 2.29. The van der Waals surface area contributed by atoms with Gasteiger partial charge in [0.15, 0.2) is 11.5 Å². The molecular weight excluding hydrogens is 234 g/mol. The average molecular weight is 237 g/mol. The molecule has 12 heavy (non-hydrogen) atoms. The Morgan fingerprint density at radius 1 is 1.25 bits per heavy atom. The molecule has 64 valence electrons. The van der Waals surface area contributed by atoms with E-state index in [1.165, 1.54) is 6.07 Å². The lowest BCUT2D eigenvalue weighted by Gasteiger charge is -2.00. The highest BCUT2D eigenvalue weighted by atomic mass is 79.9. The van der Waals surface area contributed by atoms with Gasteiger partial charge in [-0.2, -0.15) is 8.78 Å². The van der Waals surface area contributed by atoms with E-state index in [0.29, 0.717) is 4.47 Å². The van der Waals surface area contributed by atoms with E-state index in [0.717, 1.165) is 0 Å². The van der Waals surface area contributed by atoms with Gasteiger partial charge in [0.2, 0.25) is 18.4 Å². The maximum Gasteiger partial charge on any atom is 0.231 e. The Kier molecular flexibility index (Phi) is 1.68. The minimum absolute atomic E-state index is 0.138. The van der Waals surface area contributed by atoms with E-state index in [-0.39, 0.29) is 18.3 Å². The van der Waals surface area contributed by atoms with Crippen molar-refractivity contribution in [3.63, 3.8) is 0 Å². The Balaban J connectivity index is 2.74. The molecular formula is C7H3BrF2O2. The molecule has 1 aromatic carbocycles. The zero-order chi connectivity index (χ0) is 8.72. The van der Waals surface area contributed by atoms with Crippen LogP contribution in [0.3, 0.4) is 0 Å². The van der Waals surface area contributed by atoms with Crippen molar-refractivity contribution in [2.24, 2.45) is 0 Å². The number of hydrogen-bond acceptors (Lipinski definition) is 2. The van der Waals surface area contributed by atoms with Crippen LogP contribution < -0.4 is 9.47 Å². The van der Waals surface area contributed by atoms with Gasteiger partial charge in [0, 0.05) is 6.07 Å². The zero-order valence-corrected chi connectivity index (χ0v) is 7.32. The molecule has 5 heteroatoms. The normalized spacial score (nSPS) is 13.6. The second-order valence-electron chi connectivity index (χ2n) is 2.22. The predicted molar refractivity (Wildman–Crippen MR) is 40.2 cm³/mol. The summed E-state index contributed by atoms with van der Waals surface area (Å²) in [6.45, 7) is -0.170. The van der Waals surface area contributed by atoms with Gasteiger partial charge in [-0.05, 0) is 15.9 Å². The lowest BCUT2D eigenvalue weighted by molar-refractivity contribution is 0.123. The van der Waals surface area contributed by atoms with Gasteiger partial charge in [0.05, 0.1) is 4.47 Å². The maximum absolute atomic E-state index is 13.0. The minimum atomic E-state index is -1.02. The van der Waals surface area contributed by atoms with Gasteiger partial charge in [0.1, 0.15) is 0 Å². The quantitative estimate of drug-likeness (QED) is 0.645. The molecule has 0 radical (unpaired) electrons. The number of halogens is 3. The monoisotopic (exact) mass is 236 g/mol. The summed E-state index contributed by atoms with van der Waals surface area (Å²) in [6, 6.07) is 1.33. The van der Waals surface area contributed by atoms with Gasteiger partial charge in [-0.1, -0.05) is 0 Å². The highest BCUT2D eigenvalue weighted by Crippen LogP contribution is 2.37. The molecule has 2 nitrogen and oxygen atoms in total. The second-order valence-corrected chi connectivity index (χ2v) is 3.07. The summed E-state index contributed by atoms with van der Waals surface area (Å²) in [6.07, 6.45) is 0. The lowest BCUT2D eigenvalue weighted by atomic mass is 10.3. The molecule has 2 aliphatic rings. The summed E-state index contributed by atoms with van der Waals surface area (Å²) < 4.78 is 35.7. The molecule has 0 aliphatic carbocycles. The Hall–Kier alpha value is -0.840. The molecule has 0 saturated carbocycles. The SMILES string of the molecule is Fc1c2cc(Br)c(c1F)OCO2. The van der Waals surface area contributed by atoms with Crippen LogP contribution in [0.1, 0.15) is 0 Å². The highest BCUT2D eigenvalue weighted by molar-refractivity contribution is 9.10. The van der Waals surface area contributed by atoms with E-state index < -0.39 is 11.6 Å². The first kappa shape index (κ1) is 7.79. The molecule has 0 unspecified atom stereocenters. The van der Waals surface area contributed by atoms with Crippen molar-refractivity contribution in [2.75, 3.05) is 6.79 Å². The molecule has 2 bridgehead atoms. The molecule has 0 N–H and O–H groups in total. The largest absolute Gasteiger partial charge is 0.454 e. The minimum Gasteiger partial charge on any atom is -0.454 e. The fraction of sp³-hybridized carbons (Fsp3) is 0.143. The summed E-state index contributed by atoms with van der Waals surface area (Å²) >= 11 is 3.02. The van der Waals surface area contributed by atoms with Crippen molar-refractivity contribution in [3.05, 3.63) is 22.2 Å². The van der Waals surface area contributed by atoms with Crippen molar-refractivity contribution in [1.29, 1.82) is 0 Å². The molecule has 0 atom stereocenters. The van der Waals surface area contributed by atoms with E-state index in [9.17, 15) is 8.78 Å². The molecule has 3 rings (SSSR count). The first-order chi connectivity index (χ1) is 5.70. The van der Waals surface area contributed by atoms with Gasteiger partial charge in [0.25, 0.3) is 0 Å². The van der Waals surface area contributed by atoms with Crippen molar-refractivity contribution >= 4 is 15.9 Å². The summed E-state index contributed by atoms with van der Waals surface area (Å²) in [5.74, 6) is -2.31. The van der Waals surface area contributed by atoms with Crippen molar-refractivity contribution in [3.8, 4) is 11.5 Å². The van der Waals surface area contributed by atoms with Crippen molar-refractivity contribution in [2.45, 2.75) is 0 Å². The highest BCUT2D eigenvalue weighted by Gasteiger charge is 2.23. The van der Waals surface area contributed by atoms with E-state index in [1.807, 2.05) is 0 Å². The molecule has 2 aliphatic heterocycles. The van der Waals surface area contributed by atoms with Crippen LogP contribution in [-0.4, -0.2) is 6.79 Å². The topological polar surface area (TPSA) is 18.5 Å². The summed E-state index contributed by atoms with van der Waals surface area (Å²) in [7, 11) is 0. The lowest BCUT2D eigenvalue weighted by Crippen LogP contribution is -2.01. The van der Waals surface area contributed by atoms with Crippen molar-refractivity contribution < 1.29 is 18.3 Å². The Morgan fingerprint density at radius 2 is 2.00 bits per heavy atom. The maximum atomic E-state index is 13.0. The number of fused-ring (bicyclic) bond motifs is 4. The van der Waals surface area contributed by atoms with Crippen LogP contribution in [-0.2, 0) is 0 Å².